The first-order valence-corrected chi connectivity index (χ1v) is 7.08. The van der Waals surface area contributed by atoms with Gasteiger partial charge in [0.05, 0.1) is 19.9 Å². The van der Waals surface area contributed by atoms with Gasteiger partial charge in [0.15, 0.2) is 5.75 Å². The van der Waals surface area contributed by atoms with Crippen molar-refractivity contribution in [2.45, 2.75) is 0 Å². The lowest BCUT2D eigenvalue weighted by atomic mass is 10.1. The van der Waals surface area contributed by atoms with E-state index in [4.69, 9.17) is 4.74 Å². The third-order valence-electron chi connectivity index (χ3n) is 3.24. The van der Waals surface area contributed by atoms with E-state index in [1.54, 1.807) is 37.5 Å². The molecule has 0 radical (unpaired) electrons. The predicted octanol–water partition coefficient (Wildman–Crippen LogP) is 2.84. The molecule has 1 amide bonds. The van der Waals surface area contributed by atoms with E-state index in [2.05, 4.69) is 10.1 Å². The average molecular weight is 327 g/mol. The lowest BCUT2D eigenvalue weighted by Gasteiger charge is -2.08. The summed E-state index contributed by atoms with van der Waals surface area (Å²) in [5.74, 6) is -0.739. The van der Waals surface area contributed by atoms with Crippen LogP contribution < -0.4 is 10.1 Å². The Labute approximate surface area is 139 Å². The summed E-state index contributed by atoms with van der Waals surface area (Å²) in [6, 6.07) is 11.6. The summed E-state index contributed by atoms with van der Waals surface area (Å²) >= 11 is 0. The topological polar surface area (TPSA) is 84.9 Å². The van der Waals surface area contributed by atoms with E-state index in [9.17, 15) is 14.7 Å². The molecule has 24 heavy (non-hydrogen) atoms. The molecule has 124 valence electrons. The number of anilines is 1. The maximum absolute atomic E-state index is 12.0. The van der Waals surface area contributed by atoms with E-state index in [1.165, 1.54) is 31.4 Å². The van der Waals surface area contributed by atoms with Gasteiger partial charge in [0.1, 0.15) is 11.3 Å². The number of phenolic OH excluding ortho intramolecular Hbond substituents is 1. The first kappa shape index (κ1) is 17.1. The molecule has 0 aromatic heterocycles. The number of aromatic hydroxyl groups is 1. The third kappa shape index (κ3) is 4.13. The van der Waals surface area contributed by atoms with Gasteiger partial charge in [-0.05, 0) is 35.9 Å². The molecule has 0 heterocycles. The zero-order valence-electron chi connectivity index (χ0n) is 13.3. The van der Waals surface area contributed by atoms with Gasteiger partial charge in [0.25, 0.3) is 0 Å². The molecule has 2 aromatic carbocycles. The summed E-state index contributed by atoms with van der Waals surface area (Å²) in [7, 11) is 2.79. The fraction of sp³-hybridized carbons (Fsp3) is 0.111. The van der Waals surface area contributed by atoms with Gasteiger partial charge in [0.2, 0.25) is 5.91 Å². The molecule has 0 atom stereocenters. The minimum Gasteiger partial charge on any atom is -0.505 e. The van der Waals surface area contributed by atoms with Crippen LogP contribution in [0.5, 0.6) is 11.5 Å². The number of hydrogen-bond donors (Lipinski definition) is 2. The number of rotatable bonds is 5. The molecule has 0 fully saturated rings. The van der Waals surface area contributed by atoms with Crippen molar-refractivity contribution in [3.05, 3.63) is 59.7 Å². The Balaban J connectivity index is 2.09. The number of benzene rings is 2. The molecule has 0 aliphatic heterocycles. The van der Waals surface area contributed by atoms with Crippen LogP contribution in [0.1, 0.15) is 15.9 Å². The van der Waals surface area contributed by atoms with Crippen LogP contribution in [0.15, 0.2) is 48.5 Å². The average Bonchev–Trinajstić information content (AvgIpc) is 2.61. The van der Waals surface area contributed by atoms with Crippen LogP contribution in [-0.2, 0) is 9.53 Å². The van der Waals surface area contributed by atoms with E-state index in [0.717, 1.165) is 11.3 Å². The number of amides is 1. The zero-order chi connectivity index (χ0) is 17.5. The first-order chi connectivity index (χ1) is 11.5. The van der Waals surface area contributed by atoms with Crippen LogP contribution in [0.4, 0.5) is 5.69 Å². The van der Waals surface area contributed by atoms with Crippen LogP contribution in [0.3, 0.4) is 0 Å². The van der Waals surface area contributed by atoms with Crippen LogP contribution in [0.25, 0.3) is 6.08 Å². The fourth-order valence-corrected chi connectivity index (χ4v) is 1.98. The summed E-state index contributed by atoms with van der Waals surface area (Å²) < 4.78 is 9.62. The number of nitrogens with one attached hydrogen (secondary N) is 1. The summed E-state index contributed by atoms with van der Waals surface area (Å²) in [5, 5.41) is 12.5. The highest BCUT2D eigenvalue weighted by atomic mass is 16.5. The SMILES string of the molecule is COC(=O)c1cccc(NC(=O)/C=C/c2ccc(OC)cc2)c1O. The van der Waals surface area contributed by atoms with Crippen molar-refractivity contribution in [3.8, 4) is 11.5 Å². The number of carbonyl (C=O) groups excluding carboxylic acids is 2. The fourth-order valence-electron chi connectivity index (χ4n) is 1.98. The van der Waals surface area contributed by atoms with Crippen molar-refractivity contribution >= 4 is 23.6 Å². The van der Waals surface area contributed by atoms with Crippen LogP contribution in [0, 0.1) is 0 Å². The molecule has 0 saturated carbocycles. The Kier molecular flexibility index (Phi) is 5.57. The maximum atomic E-state index is 12.0. The number of methoxy groups -OCH3 is 2. The van der Waals surface area contributed by atoms with E-state index in [0.29, 0.717) is 0 Å². The molecular formula is C18H17NO5. The van der Waals surface area contributed by atoms with Gasteiger partial charge in [-0.3, -0.25) is 4.79 Å². The number of para-hydroxylation sites is 1. The van der Waals surface area contributed by atoms with E-state index >= 15 is 0 Å². The number of carbonyl (C=O) groups is 2. The van der Waals surface area contributed by atoms with Gasteiger partial charge in [-0.25, -0.2) is 4.79 Å². The van der Waals surface area contributed by atoms with Crippen molar-refractivity contribution in [2.24, 2.45) is 0 Å². The molecule has 0 aliphatic carbocycles. The molecule has 0 aliphatic rings. The molecule has 2 rings (SSSR count). The lowest BCUT2D eigenvalue weighted by molar-refractivity contribution is -0.111. The molecule has 2 N–H and O–H groups in total. The quantitative estimate of drug-likeness (QED) is 0.501. The van der Waals surface area contributed by atoms with Crippen molar-refractivity contribution in [1.82, 2.24) is 0 Å². The Bertz CT molecular complexity index is 765. The number of hydrogen-bond acceptors (Lipinski definition) is 5. The highest BCUT2D eigenvalue weighted by molar-refractivity contribution is 6.04. The highest BCUT2D eigenvalue weighted by Crippen LogP contribution is 2.28. The Morgan fingerprint density at radius 1 is 1.08 bits per heavy atom. The monoisotopic (exact) mass is 327 g/mol. The Morgan fingerprint density at radius 2 is 1.79 bits per heavy atom. The summed E-state index contributed by atoms with van der Waals surface area (Å²) in [6.07, 6.45) is 2.95. The van der Waals surface area contributed by atoms with E-state index in [-0.39, 0.29) is 17.0 Å². The van der Waals surface area contributed by atoms with Gasteiger partial charge < -0.3 is 19.9 Å². The molecule has 0 spiro atoms. The number of phenols is 1. The van der Waals surface area contributed by atoms with Gasteiger partial charge in [-0.15, -0.1) is 0 Å². The van der Waals surface area contributed by atoms with Crippen molar-refractivity contribution in [2.75, 3.05) is 19.5 Å². The second kappa shape index (κ2) is 7.82. The van der Waals surface area contributed by atoms with Gasteiger partial charge in [0, 0.05) is 6.08 Å². The van der Waals surface area contributed by atoms with E-state index < -0.39 is 11.9 Å². The predicted molar refractivity (Wildman–Crippen MR) is 90.1 cm³/mol. The first-order valence-electron chi connectivity index (χ1n) is 7.08. The van der Waals surface area contributed by atoms with Crippen LogP contribution in [0.2, 0.25) is 0 Å². The van der Waals surface area contributed by atoms with Crippen molar-refractivity contribution in [1.29, 1.82) is 0 Å². The van der Waals surface area contributed by atoms with Gasteiger partial charge in [-0.2, -0.15) is 0 Å². The van der Waals surface area contributed by atoms with E-state index in [1.807, 2.05) is 0 Å². The molecular weight excluding hydrogens is 310 g/mol. The minimum absolute atomic E-state index is 0.0190. The number of ether oxygens (including phenoxy) is 2. The molecule has 0 saturated heterocycles. The van der Waals surface area contributed by atoms with Crippen molar-refractivity contribution in [3.63, 3.8) is 0 Å². The van der Waals surface area contributed by atoms with Gasteiger partial charge >= 0.3 is 5.97 Å². The zero-order valence-corrected chi connectivity index (χ0v) is 13.3. The second-order valence-electron chi connectivity index (χ2n) is 4.79. The smallest absolute Gasteiger partial charge is 0.341 e. The Hall–Kier alpha value is -3.28. The third-order valence-corrected chi connectivity index (χ3v) is 3.24. The summed E-state index contributed by atoms with van der Waals surface area (Å²) in [4.78, 5) is 23.5. The summed E-state index contributed by atoms with van der Waals surface area (Å²) in [5.41, 5.74) is 0.926. The van der Waals surface area contributed by atoms with Crippen molar-refractivity contribution < 1.29 is 24.2 Å². The summed E-state index contributed by atoms with van der Waals surface area (Å²) in [6.45, 7) is 0. The largest absolute Gasteiger partial charge is 0.505 e. The molecule has 0 unspecified atom stereocenters. The molecule has 2 aromatic rings. The standard InChI is InChI=1S/C18H17NO5/c1-23-13-9-6-12(7-10-13)8-11-16(20)19-15-5-3-4-14(17(15)21)18(22)24-2/h3-11,21H,1-2H3,(H,19,20)/b11-8+. The van der Waals surface area contributed by atoms with Crippen LogP contribution >= 0.6 is 0 Å². The second-order valence-corrected chi connectivity index (χ2v) is 4.79. The maximum Gasteiger partial charge on any atom is 0.341 e. The normalized spacial score (nSPS) is 10.4. The Morgan fingerprint density at radius 3 is 2.42 bits per heavy atom. The number of esters is 1. The highest BCUT2D eigenvalue weighted by Gasteiger charge is 2.15. The van der Waals surface area contributed by atoms with Crippen LogP contribution in [-0.4, -0.2) is 31.2 Å². The minimum atomic E-state index is -0.683. The lowest BCUT2D eigenvalue weighted by Crippen LogP contribution is -2.09. The van der Waals surface area contributed by atoms with Gasteiger partial charge in [-0.1, -0.05) is 18.2 Å². The molecule has 6 nitrogen and oxygen atoms in total. The molecule has 0 bridgehead atoms. The molecule has 6 heteroatoms.